The normalized spacial score (nSPS) is 10.1. The average Bonchev–Trinajstić information content (AvgIpc) is 2.03. The van der Waals surface area contributed by atoms with Crippen molar-refractivity contribution in [3.05, 3.63) is 39.4 Å². The van der Waals surface area contributed by atoms with Gasteiger partial charge in [-0.2, -0.15) is 4.39 Å². The van der Waals surface area contributed by atoms with Gasteiger partial charge in [0.25, 0.3) is 0 Å². The van der Waals surface area contributed by atoms with E-state index in [2.05, 4.69) is 0 Å². The third-order valence-electron chi connectivity index (χ3n) is 1.53. The molecule has 0 atom stereocenters. The highest BCUT2D eigenvalue weighted by atomic mass is 19.1. The van der Waals surface area contributed by atoms with Crippen LogP contribution in [0.15, 0.2) is 12.1 Å². The van der Waals surface area contributed by atoms with Crippen molar-refractivity contribution in [2.45, 2.75) is 6.54 Å². The van der Waals surface area contributed by atoms with Crippen LogP contribution >= 0.6 is 0 Å². The van der Waals surface area contributed by atoms with Crippen molar-refractivity contribution in [3.8, 4) is 0 Å². The number of hydrogen-bond acceptors (Lipinski definition) is 3. The summed E-state index contributed by atoms with van der Waals surface area (Å²) < 4.78 is 25.4. The molecule has 0 saturated heterocycles. The SMILES string of the molecule is NCc1cc([N+](=O)[O-])c(F)cc1F. The van der Waals surface area contributed by atoms with Crippen LogP contribution in [0.1, 0.15) is 5.56 Å². The molecule has 4 nitrogen and oxygen atoms in total. The molecule has 0 aromatic heterocycles. The summed E-state index contributed by atoms with van der Waals surface area (Å²) in [6.07, 6.45) is 0. The van der Waals surface area contributed by atoms with Crippen LogP contribution < -0.4 is 5.73 Å². The number of nitrogens with two attached hydrogens (primary N) is 1. The summed E-state index contributed by atoms with van der Waals surface area (Å²) >= 11 is 0. The van der Waals surface area contributed by atoms with Gasteiger partial charge < -0.3 is 5.73 Å². The van der Waals surface area contributed by atoms with Crippen molar-refractivity contribution in [2.75, 3.05) is 0 Å². The maximum Gasteiger partial charge on any atom is 0.305 e. The van der Waals surface area contributed by atoms with E-state index in [0.29, 0.717) is 6.07 Å². The smallest absolute Gasteiger partial charge is 0.305 e. The number of nitro benzene ring substituents is 1. The summed E-state index contributed by atoms with van der Waals surface area (Å²) in [6.45, 7) is -0.201. The molecule has 6 heteroatoms. The van der Waals surface area contributed by atoms with Gasteiger partial charge >= 0.3 is 5.69 Å². The quantitative estimate of drug-likeness (QED) is 0.562. The minimum Gasteiger partial charge on any atom is -0.326 e. The van der Waals surface area contributed by atoms with Gasteiger partial charge in [0, 0.05) is 24.2 Å². The monoisotopic (exact) mass is 188 g/mol. The summed E-state index contributed by atoms with van der Waals surface area (Å²) in [5.41, 5.74) is 4.25. The fourth-order valence-corrected chi connectivity index (χ4v) is 0.877. The molecule has 70 valence electrons. The molecular formula is C7H6F2N2O2. The van der Waals surface area contributed by atoms with Crippen LogP contribution in [0.2, 0.25) is 0 Å². The molecule has 0 amide bonds. The number of nitro groups is 1. The summed E-state index contributed by atoms with van der Waals surface area (Å²) in [5.74, 6) is -2.06. The highest BCUT2D eigenvalue weighted by Gasteiger charge is 2.17. The largest absolute Gasteiger partial charge is 0.326 e. The van der Waals surface area contributed by atoms with Crippen LogP contribution in [0.25, 0.3) is 0 Å². The third kappa shape index (κ3) is 1.78. The van der Waals surface area contributed by atoms with Crippen LogP contribution in [-0.2, 0) is 6.54 Å². The lowest BCUT2D eigenvalue weighted by Crippen LogP contribution is -2.03. The highest BCUT2D eigenvalue weighted by Crippen LogP contribution is 2.20. The van der Waals surface area contributed by atoms with Crippen LogP contribution in [0.3, 0.4) is 0 Å². The first-order chi connectivity index (χ1) is 6.06. The molecule has 1 aromatic carbocycles. The molecule has 0 aliphatic rings. The molecule has 2 N–H and O–H groups in total. The van der Waals surface area contributed by atoms with Crippen molar-refractivity contribution >= 4 is 5.69 Å². The fraction of sp³-hybridized carbons (Fsp3) is 0.143. The molecule has 0 saturated carbocycles. The lowest BCUT2D eigenvalue weighted by Gasteiger charge is -1.99. The first-order valence-electron chi connectivity index (χ1n) is 3.38. The number of benzene rings is 1. The Morgan fingerprint density at radius 2 is 2.00 bits per heavy atom. The molecule has 13 heavy (non-hydrogen) atoms. The Hall–Kier alpha value is -1.56. The van der Waals surface area contributed by atoms with E-state index in [1.807, 2.05) is 0 Å². The van der Waals surface area contributed by atoms with Crippen molar-refractivity contribution in [2.24, 2.45) is 5.73 Å². The van der Waals surface area contributed by atoms with E-state index in [1.165, 1.54) is 0 Å². The summed E-state index contributed by atoms with van der Waals surface area (Å²) in [4.78, 5) is 9.28. The van der Waals surface area contributed by atoms with E-state index < -0.39 is 22.2 Å². The Kier molecular flexibility index (Phi) is 2.52. The van der Waals surface area contributed by atoms with E-state index in [1.54, 1.807) is 0 Å². The Morgan fingerprint density at radius 1 is 1.38 bits per heavy atom. The molecule has 0 aliphatic heterocycles. The molecule has 1 aromatic rings. The zero-order valence-electron chi connectivity index (χ0n) is 6.46. The number of halogens is 2. The zero-order valence-corrected chi connectivity index (χ0v) is 6.46. The van der Waals surface area contributed by atoms with Gasteiger partial charge in [-0.3, -0.25) is 10.1 Å². The number of nitrogens with zero attached hydrogens (tertiary/aromatic N) is 1. The average molecular weight is 188 g/mol. The first kappa shape index (κ1) is 9.53. The highest BCUT2D eigenvalue weighted by molar-refractivity contribution is 5.36. The minimum atomic E-state index is -1.19. The van der Waals surface area contributed by atoms with Gasteiger partial charge in [0.15, 0.2) is 0 Å². The lowest BCUT2D eigenvalue weighted by atomic mass is 10.2. The number of hydrogen-bond donors (Lipinski definition) is 1. The fourth-order valence-electron chi connectivity index (χ4n) is 0.877. The van der Waals surface area contributed by atoms with Crippen LogP contribution in [-0.4, -0.2) is 4.92 Å². The molecule has 1 rings (SSSR count). The van der Waals surface area contributed by atoms with E-state index in [9.17, 15) is 18.9 Å². The van der Waals surface area contributed by atoms with Crippen molar-refractivity contribution < 1.29 is 13.7 Å². The molecule has 0 spiro atoms. The second-order valence-electron chi connectivity index (χ2n) is 2.36. The molecular weight excluding hydrogens is 182 g/mol. The van der Waals surface area contributed by atoms with Gasteiger partial charge in [-0.1, -0.05) is 0 Å². The van der Waals surface area contributed by atoms with Gasteiger partial charge in [-0.25, -0.2) is 4.39 Å². The molecule has 0 heterocycles. The lowest BCUT2D eigenvalue weighted by molar-refractivity contribution is -0.387. The zero-order chi connectivity index (χ0) is 10.0. The second kappa shape index (κ2) is 3.44. The maximum atomic E-state index is 12.8. The molecule has 0 unspecified atom stereocenters. The van der Waals surface area contributed by atoms with E-state index in [-0.39, 0.29) is 12.1 Å². The van der Waals surface area contributed by atoms with Gasteiger partial charge in [-0.05, 0) is 0 Å². The Bertz CT molecular complexity index is 355. The molecule has 0 bridgehead atoms. The standard InChI is InChI=1S/C7H6F2N2O2/c8-5-2-6(9)7(11(12)13)1-4(5)3-10/h1-2H,3,10H2. The van der Waals surface area contributed by atoms with Gasteiger partial charge in [0.2, 0.25) is 5.82 Å². The predicted octanol–water partition coefficient (Wildman–Crippen LogP) is 1.33. The second-order valence-corrected chi connectivity index (χ2v) is 2.36. The number of rotatable bonds is 2. The Morgan fingerprint density at radius 3 is 2.46 bits per heavy atom. The summed E-state index contributed by atoms with van der Waals surface area (Å²) in [7, 11) is 0. The van der Waals surface area contributed by atoms with Gasteiger partial charge in [-0.15, -0.1) is 0 Å². The van der Waals surface area contributed by atoms with Crippen LogP contribution in [0, 0.1) is 21.7 Å². The predicted molar refractivity (Wildman–Crippen MR) is 40.9 cm³/mol. The van der Waals surface area contributed by atoms with E-state index in [0.717, 1.165) is 6.07 Å². The van der Waals surface area contributed by atoms with Gasteiger partial charge in [0.05, 0.1) is 4.92 Å². The van der Waals surface area contributed by atoms with Crippen LogP contribution in [0.5, 0.6) is 0 Å². The molecule has 0 fully saturated rings. The van der Waals surface area contributed by atoms with Crippen molar-refractivity contribution in [3.63, 3.8) is 0 Å². The maximum absolute atomic E-state index is 12.8. The Balaban J connectivity index is 3.30. The summed E-state index contributed by atoms with van der Waals surface area (Å²) in [5, 5.41) is 10.2. The topological polar surface area (TPSA) is 69.2 Å². The third-order valence-corrected chi connectivity index (χ3v) is 1.53. The summed E-state index contributed by atoms with van der Waals surface area (Å²) in [6, 6.07) is 1.25. The van der Waals surface area contributed by atoms with Crippen molar-refractivity contribution in [1.82, 2.24) is 0 Å². The first-order valence-corrected chi connectivity index (χ1v) is 3.38. The molecule has 0 radical (unpaired) electrons. The van der Waals surface area contributed by atoms with E-state index in [4.69, 9.17) is 5.73 Å². The van der Waals surface area contributed by atoms with Crippen molar-refractivity contribution in [1.29, 1.82) is 0 Å². The van der Waals surface area contributed by atoms with E-state index >= 15 is 0 Å². The molecule has 0 aliphatic carbocycles. The van der Waals surface area contributed by atoms with Gasteiger partial charge in [0.1, 0.15) is 5.82 Å². The van der Waals surface area contributed by atoms with Crippen LogP contribution in [0.4, 0.5) is 14.5 Å². The minimum absolute atomic E-state index is 0.0758. The Labute approximate surface area is 72.1 Å².